The number of rotatable bonds is 8. The van der Waals surface area contributed by atoms with E-state index in [0.29, 0.717) is 0 Å². The van der Waals surface area contributed by atoms with Gasteiger partial charge in [-0.3, -0.25) is 0 Å². The molecule has 92 valence electrons. The van der Waals surface area contributed by atoms with Crippen molar-refractivity contribution in [1.29, 1.82) is 0 Å². The molecule has 0 fully saturated rings. The van der Waals surface area contributed by atoms with Crippen molar-refractivity contribution in [3.05, 3.63) is 11.9 Å². The van der Waals surface area contributed by atoms with Gasteiger partial charge in [-0.2, -0.15) is 11.8 Å². The first-order chi connectivity index (χ1) is 7.77. The summed E-state index contributed by atoms with van der Waals surface area (Å²) in [6, 6.07) is 0. The van der Waals surface area contributed by atoms with Crippen LogP contribution in [0.1, 0.15) is 31.9 Å². The van der Waals surface area contributed by atoms with Crippen molar-refractivity contribution >= 4 is 17.7 Å². The fourth-order valence-electron chi connectivity index (χ4n) is 1.60. The lowest BCUT2D eigenvalue weighted by atomic mass is 10.3. The molecule has 4 heteroatoms. The molecular weight excluding hydrogens is 218 g/mol. The van der Waals surface area contributed by atoms with Gasteiger partial charge in [0.25, 0.3) is 0 Å². The minimum Gasteiger partial charge on any atom is -0.356 e. The molecule has 0 aliphatic rings. The van der Waals surface area contributed by atoms with Gasteiger partial charge in [-0.05, 0) is 31.8 Å². The number of thioether (sulfide) groups is 1. The number of aromatic nitrogens is 2. The molecule has 0 aromatic carbocycles. The minimum atomic E-state index is 1.02. The number of nitrogens with zero attached hydrogens (tertiary/aromatic N) is 2. The second kappa shape index (κ2) is 7.60. The maximum atomic E-state index is 4.51. The van der Waals surface area contributed by atoms with Crippen LogP contribution in [-0.2, 0) is 6.54 Å². The SMILES string of the molecule is CCCCn1cc(C)nc1NCCCSC. The van der Waals surface area contributed by atoms with Gasteiger partial charge in [0.2, 0.25) is 5.95 Å². The van der Waals surface area contributed by atoms with Gasteiger partial charge in [0.05, 0.1) is 5.69 Å². The summed E-state index contributed by atoms with van der Waals surface area (Å²) in [5, 5.41) is 3.42. The van der Waals surface area contributed by atoms with Gasteiger partial charge in [0, 0.05) is 19.3 Å². The molecule has 0 unspecified atom stereocenters. The molecule has 1 rings (SSSR count). The van der Waals surface area contributed by atoms with Crippen LogP contribution in [0.3, 0.4) is 0 Å². The number of hydrogen-bond acceptors (Lipinski definition) is 3. The predicted molar refractivity (Wildman–Crippen MR) is 73.4 cm³/mol. The number of imidazole rings is 1. The normalized spacial score (nSPS) is 10.7. The van der Waals surface area contributed by atoms with Crippen LogP contribution in [0.5, 0.6) is 0 Å². The molecule has 3 nitrogen and oxygen atoms in total. The van der Waals surface area contributed by atoms with E-state index in [0.717, 1.165) is 24.7 Å². The molecule has 0 atom stereocenters. The van der Waals surface area contributed by atoms with E-state index in [2.05, 4.69) is 41.2 Å². The lowest BCUT2D eigenvalue weighted by Crippen LogP contribution is -2.09. The van der Waals surface area contributed by atoms with E-state index < -0.39 is 0 Å². The molecule has 16 heavy (non-hydrogen) atoms. The number of nitrogens with one attached hydrogen (secondary N) is 1. The zero-order chi connectivity index (χ0) is 11.8. The number of unbranched alkanes of at least 4 members (excludes halogenated alkanes) is 1. The van der Waals surface area contributed by atoms with E-state index in [9.17, 15) is 0 Å². The Bertz CT molecular complexity index is 296. The van der Waals surface area contributed by atoms with Crippen LogP contribution in [0.25, 0.3) is 0 Å². The lowest BCUT2D eigenvalue weighted by molar-refractivity contribution is 0.634. The van der Waals surface area contributed by atoms with Crippen LogP contribution in [0.15, 0.2) is 6.20 Å². The maximum absolute atomic E-state index is 4.51. The Balaban J connectivity index is 2.43. The van der Waals surface area contributed by atoms with Gasteiger partial charge >= 0.3 is 0 Å². The van der Waals surface area contributed by atoms with Crippen molar-refractivity contribution in [3.63, 3.8) is 0 Å². The highest BCUT2D eigenvalue weighted by Gasteiger charge is 2.03. The molecule has 0 saturated heterocycles. The molecule has 0 radical (unpaired) electrons. The van der Waals surface area contributed by atoms with Crippen LogP contribution in [0, 0.1) is 6.92 Å². The zero-order valence-corrected chi connectivity index (χ0v) is 11.4. The van der Waals surface area contributed by atoms with E-state index >= 15 is 0 Å². The van der Waals surface area contributed by atoms with Gasteiger partial charge in [-0.25, -0.2) is 4.98 Å². The van der Waals surface area contributed by atoms with E-state index in [4.69, 9.17) is 0 Å². The van der Waals surface area contributed by atoms with Crippen molar-refractivity contribution in [2.75, 3.05) is 23.9 Å². The van der Waals surface area contributed by atoms with Gasteiger partial charge in [0.15, 0.2) is 0 Å². The Morgan fingerprint density at radius 3 is 2.94 bits per heavy atom. The summed E-state index contributed by atoms with van der Waals surface area (Å²) in [7, 11) is 0. The molecule has 1 heterocycles. The molecule has 0 spiro atoms. The maximum Gasteiger partial charge on any atom is 0.203 e. The standard InChI is InChI=1S/C12H23N3S/c1-4-5-8-15-10-11(2)14-12(15)13-7-6-9-16-3/h10H,4-9H2,1-3H3,(H,13,14). The molecule has 1 aromatic heterocycles. The Kier molecular flexibility index (Phi) is 6.38. The second-order valence-electron chi connectivity index (χ2n) is 4.03. The first-order valence-electron chi connectivity index (χ1n) is 6.04. The minimum absolute atomic E-state index is 1.02. The highest BCUT2D eigenvalue weighted by Crippen LogP contribution is 2.10. The summed E-state index contributed by atoms with van der Waals surface area (Å²) in [5.74, 6) is 2.24. The summed E-state index contributed by atoms with van der Waals surface area (Å²) in [6.45, 7) is 6.36. The van der Waals surface area contributed by atoms with Crippen molar-refractivity contribution < 1.29 is 0 Å². The zero-order valence-electron chi connectivity index (χ0n) is 10.6. The van der Waals surface area contributed by atoms with Crippen LogP contribution < -0.4 is 5.32 Å². The monoisotopic (exact) mass is 241 g/mol. The number of aryl methyl sites for hydroxylation is 2. The van der Waals surface area contributed by atoms with E-state index in [1.54, 1.807) is 0 Å². The van der Waals surface area contributed by atoms with E-state index in [1.165, 1.54) is 25.0 Å². The van der Waals surface area contributed by atoms with Crippen molar-refractivity contribution in [2.24, 2.45) is 0 Å². The van der Waals surface area contributed by atoms with E-state index in [1.807, 2.05) is 11.8 Å². The fourth-order valence-corrected chi connectivity index (χ4v) is 2.04. The molecule has 0 amide bonds. The van der Waals surface area contributed by atoms with Crippen molar-refractivity contribution in [3.8, 4) is 0 Å². The fraction of sp³-hybridized carbons (Fsp3) is 0.750. The molecule has 1 aromatic rings. The topological polar surface area (TPSA) is 29.9 Å². The Morgan fingerprint density at radius 1 is 1.44 bits per heavy atom. The summed E-state index contributed by atoms with van der Waals surface area (Å²) in [4.78, 5) is 4.51. The first-order valence-corrected chi connectivity index (χ1v) is 7.44. The predicted octanol–water partition coefficient (Wildman–Crippen LogP) is 3.16. The largest absolute Gasteiger partial charge is 0.356 e. The molecule has 0 saturated carbocycles. The number of hydrogen-bond donors (Lipinski definition) is 1. The average Bonchev–Trinajstić information content (AvgIpc) is 2.62. The summed E-state index contributed by atoms with van der Waals surface area (Å²) >= 11 is 1.89. The molecule has 0 aliphatic heterocycles. The van der Waals surface area contributed by atoms with Crippen LogP contribution in [0.2, 0.25) is 0 Å². The van der Waals surface area contributed by atoms with Crippen LogP contribution in [-0.4, -0.2) is 28.1 Å². The Labute approximate surface area is 103 Å². The molecular formula is C12H23N3S. The Morgan fingerprint density at radius 2 is 2.25 bits per heavy atom. The summed E-state index contributed by atoms with van der Waals surface area (Å²) < 4.78 is 2.23. The average molecular weight is 241 g/mol. The first kappa shape index (κ1) is 13.4. The third-order valence-corrected chi connectivity index (χ3v) is 3.15. The van der Waals surface area contributed by atoms with Gasteiger partial charge in [0.1, 0.15) is 0 Å². The van der Waals surface area contributed by atoms with Crippen molar-refractivity contribution in [1.82, 2.24) is 9.55 Å². The quantitative estimate of drug-likeness (QED) is 0.709. The van der Waals surface area contributed by atoms with Crippen LogP contribution in [0.4, 0.5) is 5.95 Å². The molecule has 0 aliphatic carbocycles. The molecule has 1 N–H and O–H groups in total. The third kappa shape index (κ3) is 4.47. The number of anilines is 1. The third-order valence-electron chi connectivity index (χ3n) is 2.46. The second-order valence-corrected chi connectivity index (χ2v) is 5.01. The Hall–Kier alpha value is -0.640. The summed E-state index contributed by atoms with van der Waals surface area (Å²) in [6.07, 6.45) is 7.91. The van der Waals surface area contributed by atoms with E-state index in [-0.39, 0.29) is 0 Å². The van der Waals surface area contributed by atoms with Gasteiger partial charge in [-0.1, -0.05) is 13.3 Å². The van der Waals surface area contributed by atoms with Crippen LogP contribution >= 0.6 is 11.8 Å². The molecule has 0 bridgehead atoms. The van der Waals surface area contributed by atoms with Crippen molar-refractivity contribution in [2.45, 2.75) is 39.7 Å². The van der Waals surface area contributed by atoms with Gasteiger partial charge < -0.3 is 9.88 Å². The highest BCUT2D eigenvalue weighted by atomic mass is 32.2. The highest BCUT2D eigenvalue weighted by molar-refractivity contribution is 7.98. The lowest BCUT2D eigenvalue weighted by Gasteiger charge is -2.08. The van der Waals surface area contributed by atoms with Gasteiger partial charge in [-0.15, -0.1) is 0 Å². The smallest absolute Gasteiger partial charge is 0.203 e. The summed E-state index contributed by atoms with van der Waals surface area (Å²) in [5.41, 5.74) is 1.10.